The molecule has 0 atom stereocenters. The summed E-state index contributed by atoms with van der Waals surface area (Å²) in [5.74, 6) is 1.51. The van der Waals surface area contributed by atoms with E-state index >= 15 is 0 Å². The summed E-state index contributed by atoms with van der Waals surface area (Å²) in [5, 5.41) is 0. The molecule has 0 aromatic heterocycles. The second kappa shape index (κ2) is 8.84. The van der Waals surface area contributed by atoms with Crippen LogP contribution in [0.25, 0.3) is 0 Å². The number of nitrogens with zero attached hydrogens (tertiary/aromatic N) is 1. The molecule has 1 aromatic carbocycles. The molecule has 0 amide bonds. The lowest BCUT2D eigenvalue weighted by atomic mass is 10.2. The van der Waals surface area contributed by atoms with Crippen molar-refractivity contribution in [3.8, 4) is 11.5 Å². The van der Waals surface area contributed by atoms with Gasteiger partial charge in [0.15, 0.2) is 17.5 Å². The number of benzene rings is 1. The van der Waals surface area contributed by atoms with Gasteiger partial charge in [0.25, 0.3) is 0 Å². The van der Waals surface area contributed by atoms with E-state index in [4.69, 9.17) is 20.9 Å². The third-order valence-electron chi connectivity index (χ3n) is 2.13. The average molecular weight is 365 g/mol. The SMILES string of the molecule is CCCOc1ccc(CN=C(N)N)cc1OC.I. The second-order valence-electron chi connectivity index (χ2n) is 3.57. The number of ether oxygens (including phenoxy) is 2. The number of rotatable bonds is 6. The quantitative estimate of drug-likeness (QED) is 0.458. The highest BCUT2D eigenvalue weighted by Crippen LogP contribution is 2.28. The molecule has 0 unspecified atom stereocenters. The van der Waals surface area contributed by atoms with E-state index in [2.05, 4.69) is 11.9 Å². The number of hydrogen-bond acceptors (Lipinski definition) is 3. The molecule has 18 heavy (non-hydrogen) atoms. The molecule has 0 heterocycles. The number of hydrogen-bond donors (Lipinski definition) is 2. The van der Waals surface area contributed by atoms with Crippen molar-refractivity contribution in [1.29, 1.82) is 0 Å². The third-order valence-corrected chi connectivity index (χ3v) is 2.13. The van der Waals surface area contributed by atoms with E-state index in [1.165, 1.54) is 0 Å². The van der Waals surface area contributed by atoms with Crippen LogP contribution in [0, 0.1) is 0 Å². The minimum atomic E-state index is 0. The molecule has 0 aliphatic heterocycles. The summed E-state index contributed by atoms with van der Waals surface area (Å²) in [4.78, 5) is 3.94. The fourth-order valence-corrected chi connectivity index (χ4v) is 1.32. The van der Waals surface area contributed by atoms with Crippen LogP contribution in [0.15, 0.2) is 23.2 Å². The Labute approximate surface area is 125 Å². The smallest absolute Gasteiger partial charge is 0.186 e. The van der Waals surface area contributed by atoms with Crippen LogP contribution in [0.4, 0.5) is 0 Å². The zero-order valence-electron chi connectivity index (χ0n) is 10.7. The van der Waals surface area contributed by atoms with Gasteiger partial charge in [-0.05, 0) is 24.1 Å². The topological polar surface area (TPSA) is 82.9 Å². The molecule has 1 rings (SSSR count). The van der Waals surface area contributed by atoms with Crippen molar-refractivity contribution in [2.24, 2.45) is 16.5 Å². The van der Waals surface area contributed by atoms with Gasteiger partial charge in [-0.1, -0.05) is 13.0 Å². The average Bonchev–Trinajstić information content (AvgIpc) is 2.34. The molecule has 0 fully saturated rings. The van der Waals surface area contributed by atoms with Crippen molar-refractivity contribution in [2.75, 3.05) is 13.7 Å². The van der Waals surface area contributed by atoms with E-state index in [0.717, 1.165) is 17.7 Å². The molecule has 5 nitrogen and oxygen atoms in total. The summed E-state index contributed by atoms with van der Waals surface area (Å²) < 4.78 is 10.8. The Hall–Kier alpha value is -1.18. The predicted octanol–water partition coefficient (Wildman–Crippen LogP) is 1.88. The van der Waals surface area contributed by atoms with Crippen molar-refractivity contribution >= 4 is 29.9 Å². The first kappa shape index (κ1) is 16.8. The maximum Gasteiger partial charge on any atom is 0.186 e. The predicted molar refractivity (Wildman–Crippen MR) is 83.7 cm³/mol. The van der Waals surface area contributed by atoms with Gasteiger partial charge in [-0.2, -0.15) is 0 Å². The van der Waals surface area contributed by atoms with E-state index in [1.807, 2.05) is 18.2 Å². The largest absolute Gasteiger partial charge is 0.493 e. The van der Waals surface area contributed by atoms with E-state index < -0.39 is 0 Å². The Morgan fingerprint density at radius 2 is 2.00 bits per heavy atom. The molecule has 6 heteroatoms. The number of aliphatic imine (C=N–C) groups is 1. The molecular formula is C12H20IN3O2. The van der Waals surface area contributed by atoms with Gasteiger partial charge < -0.3 is 20.9 Å². The highest BCUT2D eigenvalue weighted by molar-refractivity contribution is 14.0. The van der Waals surface area contributed by atoms with E-state index in [9.17, 15) is 0 Å². The van der Waals surface area contributed by atoms with Crippen LogP contribution in [-0.2, 0) is 6.54 Å². The fraction of sp³-hybridized carbons (Fsp3) is 0.417. The van der Waals surface area contributed by atoms with Gasteiger partial charge in [0.05, 0.1) is 20.3 Å². The van der Waals surface area contributed by atoms with E-state index in [0.29, 0.717) is 18.9 Å². The first-order valence-corrected chi connectivity index (χ1v) is 5.52. The molecule has 0 aliphatic carbocycles. The van der Waals surface area contributed by atoms with Crippen LogP contribution in [0.5, 0.6) is 11.5 Å². The zero-order chi connectivity index (χ0) is 12.7. The Kier molecular flexibility index (Phi) is 8.27. The molecule has 0 radical (unpaired) electrons. The van der Waals surface area contributed by atoms with Crippen LogP contribution in [0.2, 0.25) is 0 Å². The molecule has 102 valence electrons. The summed E-state index contributed by atoms with van der Waals surface area (Å²) in [7, 11) is 1.61. The van der Waals surface area contributed by atoms with Gasteiger partial charge in [-0.3, -0.25) is 0 Å². The van der Waals surface area contributed by atoms with Crippen LogP contribution in [-0.4, -0.2) is 19.7 Å². The molecule has 0 saturated heterocycles. The van der Waals surface area contributed by atoms with Gasteiger partial charge in [-0.15, -0.1) is 24.0 Å². The number of guanidine groups is 1. The second-order valence-corrected chi connectivity index (χ2v) is 3.57. The van der Waals surface area contributed by atoms with Crippen LogP contribution in [0.1, 0.15) is 18.9 Å². The van der Waals surface area contributed by atoms with Crippen LogP contribution in [0.3, 0.4) is 0 Å². The summed E-state index contributed by atoms with van der Waals surface area (Å²) in [6, 6.07) is 5.66. The number of methoxy groups -OCH3 is 1. The summed E-state index contributed by atoms with van der Waals surface area (Å²) in [6.45, 7) is 3.16. The van der Waals surface area contributed by atoms with Crippen LogP contribution < -0.4 is 20.9 Å². The Bertz CT molecular complexity index is 393. The standard InChI is InChI=1S/C12H19N3O2.HI/c1-3-6-17-10-5-4-9(7-11(10)16-2)8-15-12(13)14;/h4-5,7H,3,6,8H2,1-2H3,(H4,13,14,15);1H. The Morgan fingerprint density at radius 1 is 1.28 bits per heavy atom. The molecule has 0 aliphatic rings. The van der Waals surface area contributed by atoms with Crippen LogP contribution >= 0.6 is 24.0 Å². The lowest BCUT2D eigenvalue weighted by Crippen LogP contribution is -2.22. The number of halogens is 1. The van der Waals surface area contributed by atoms with Crippen molar-refractivity contribution in [2.45, 2.75) is 19.9 Å². The zero-order valence-corrected chi connectivity index (χ0v) is 13.0. The van der Waals surface area contributed by atoms with Gasteiger partial charge in [0.2, 0.25) is 0 Å². The van der Waals surface area contributed by atoms with Crippen molar-refractivity contribution in [3.63, 3.8) is 0 Å². The van der Waals surface area contributed by atoms with Gasteiger partial charge in [-0.25, -0.2) is 4.99 Å². The van der Waals surface area contributed by atoms with Crippen molar-refractivity contribution in [3.05, 3.63) is 23.8 Å². The lowest BCUT2D eigenvalue weighted by Gasteiger charge is -2.10. The monoisotopic (exact) mass is 365 g/mol. The first-order valence-electron chi connectivity index (χ1n) is 5.52. The maximum absolute atomic E-state index is 5.55. The van der Waals surface area contributed by atoms with E-state index in [-0.39, 0.29) is 29.9 Å². The summed E-state index contributed by atoms with van der Waals surface area (Å²) >= 11 is 0. The van der Waals surface area contributed by atoms with Gasteiger partial charge in [0, 0.05) is 0 Å². The first-order chi connectivity index (χ1) is 8.17. The minimum Gasteiger partial charge on any atom is -0.493 e. The van der Waals surface area contributed by atoms with Gasteiger partial charge in [0.1, 0.15) is 0 Å². The summed E-state index contributed by atoms with van der Waals surface area (Å²) in [6.07, 6.45) is 0.957. The van der Waals surface area contributed by atoms with E-state index in [1.54, 1.807) is 7.11 Å². The fourth-order valence-electron chi connectivity index (χ4n) is 1.32. The maximum atomic E-state index is 5.55. The Balaban J connectivity index is 0.00000289. The highest BCUT2D eigenvalue weighted by Gasteiger charge is 2.05. The van der Waals surface area contributed by atoms with Crippen molar-refractivity contribution < 1.29 is 9.47 Å². The number of nitrogens with two attached hydrogens (primary N) is 2. The molecular weight excluding hydrogens is 345 g/mol. The molecule has 0 saturated carbocycles. The highest BCUT2D eigenvalue weighted by atomic mass is 127. The molecule has 0 spiro atoms. The van der Waals surface area contributed by atoms with Crippen molar-refractivity contribution in [1.82, 2.24) is 0 Å². The molecule has 4 N–H and O–H groups in total. The lowest BCUT2D eigenvalue weighted by molar-refractivity contribution is 0.294. The van der Waals surface area contributed by atoms with Gasteiger partial charge >= 0.3 is 0 Å². The minimum absolute atomic E-state index is 0. The summed E-state index contributed by atoms with van der Waals surface area (Å²) in [5.41, 5.74) is 11.5. The molecule has 0 bridgehead atoms. The third kappa shape index (κ3) is 5.44. The Morgan fingerprint density at radius 3 is 2.56 bits per heavy atom. The normalized spacial score (nSPS) is 9.22. The molecule has 1 aromatic rings.